The second-order valence-corrected chi connectivity index (χ2v) is 3.05. The first-order chi connectivity index (χ1) is 6.24. The van der Waals surface area contributed by atoms with Gasteiger partial charge in [0, 0.05) is 12.7 Å². The van der Waals surface area contributed by atoms with E-state index >= 15 is 0 Å². The Morgan fingerprint density at radius 3 is 2.92 bits per heavy atom. The topological polar surface area (TPSA) is 34.2 Å². The number of aromatic nitrogens is 1. The molecule has 0 aliphatic heterocycles. The lowest BCUT2D eigenvalue weighted by Crippen LogP contribution is -2.09. The first-order valence-electron chi connectivity index (χ1n) is 4.59. The molecular weight excluding hydrogens is 164 g/mol. The van der Waals surface area contributed by atoms with Gasteiger partial charge in [-0.1, -0.05) is 0 Å². The smallest absolute Gasteiger partial charge is 0.168 e. The third kappa shape index (κ3) is 2.93. The summed E-state index contributed by atoms with van der Waals surface area (Å²) in [6.45, 7) is 6.89. The van der Waals surface area contributed by atoms with Crippen molar-refractivity contribution in [1.29, 1.82) is 0 Å². The molecule has 0 bridgehead atoms. The SMILES string of the molecule is CCNc1ncccc1OC(C)C. The molecular formula is C10H16N2O. The van der Waals surface area contributed by atoms with Crippen LogP contribution in [-0.2, 0) is 0 Å². The standard InChI is InChI=1S/C10H16N2O/c1-4-11-10-9(13-8(2)3)6-5-7-12-10/h5-8H,4H2,1-3H3,(H,11,12). The molecule has 1 N–H and O–H groups in total. The highest BCUT2D eigenvalue weighted by Gasteiger charge is 2.03. The minimum absolute atomic E-state index is 0.182. The number of nitrogens with zero attached hydrogens (tertiary/aromatic N) is 1. The van der Waals surface area contributed by atoms with E-state index in [-0.39, 0.29) is 6.10 Å². The minimum Gasteiger partial charge on any atom is -0.487 e. The van der Waals surface area contributed by atoms with Crippen molar-refractivity contribution < 1.29 is 4.74 Å². The van der Waals surface area contributed by atoms with Crippen molar-refractivity contribution in [2.45, 2.75) is 26.9 Å². The zero-order valence-corrected chi connectivity index (χ0v) is 8.37. The van der Waals surface area contributed by atoms with Gasteiger partial charge in [0.25, 0.3) is 0 Å². The summed E-state index contributed by atoms with van der Waals surface area (Å²) in [7, 11) is 0. The molecule has 1 aromatic heterocycles. The quantitative estimate of drug-likeness (QED) is 0.772. The predicted molar refractivity (Wildman–Crippen MR) is 54.2 cm³/mol. The second kappa shape index (κ2) is 4.70. The van der Waals surface area contributed by atoms with E-state index in [1.54, 1.807) is 6.20 Å². The van der Waals surface area contributed by atoms with Gasteiger partial charge in [-0.2, -0.15) is 0 Å². The molecule has 3 nitrogen and oxygen atoms in total. The zero-order valence-electron chi connectivity index (χ0n) is 8.37. The molecule has 0 saturated carbocycles. The third-order valence-electron chi connectivity index (χ3n) is 1.48. The normalized spacial score (nSPS) is 10.2. The average molecular weight is 180 g/mol. The van der Waals surface area contributed by atoms with E-state index in [4.69, 9.17) is 4.74 Å². The first-order valence-corrected chi connectivity index (χ1v) is 4.59. The monoisotopic (exact) mass is 180 g/mol. The van der Waals surface area contributed by atoms with E-state index in [1.807, 2.05) is 32.9 Å². The van der Waals surface area contributed by atoms with Crippen LogP contribution in [0, 0.1) is 0 Å². The second-order valence-electron chi connectivity index (χ2n) is 3.05. The van der Waals surface area contributed by atoms with E-state index in [2.05, 4.69) is 10.3 Å². The molecule has 0 atom stereocenters. The van der Waals surface area contributed by atoms with Crippen LogP contribution in [0.25, 0.3) is 0 Å². The summed E-state index contributed by atoms with van der Waals surface area (Å²) < 4.78 is 5.57. The fourth-order valence-corrected chi connectivity index (χ4v) is 1.04. The van der Waals surface area contributed by atoms with Gasteiger partial charge in [0.1, 0.15) is 0 Å². The Labute approximate surface area is 79.1 Å². The third-order valence-corrected chi connectivity index (χ3v) is 1.48. The Balaban J connectivity index is 2.78. The Morgan fingerprint density at radius 2 is 2.31 bits per heavy atom. The average Bonchev–Trinajstić information content (AvgIpc) is 2.08. The van der Waals surface area contributed by atoms with Crippen molar-refractivity contribution in [2.24, 2.45) is 0 Å². The minimum atomic E-state index is 0.182. The van der Waals surface area contributed by atoms with Crippen molar-refractivity contribution in [3.05, 3.63) is 18.3 Å². The van der Waals surface area contributed by atoms with Crippen molar-refractivity contribution in [1.82, 2.24) is 4.98 Å². The Hall–Kier alpha value is -1.25. The maximum absolute atomic E-state index is 5.57. The van der Waals surface area contributed by atoms with Crippen LogP contribution in [0.2, 0.25) is 0 Å². The maximum Gasteiger partial charge on any atom is 0.168 e. The van der Waals surface area contributed by atoms with E-state index in [0.717, 1.165) is 18.1 Å². The fourth-order valence-electron chi connectivity index (χ4n) is 1.04. The highest BCUT2D eigenvalue weighted by Crippen LogP contribution is 2.21. The highest BCUT2D eigenvalue weighted by molar-refractivity contribution is 5.49. The molecule has 0 saturated heterocycles. The summed E-state index contributed by atoms with van der Waals surface area (Å²) in [4.78, 5) is 4.19. The van der Waals surface area contributed by atoms with E-state index in [9.17, 15) is 0 Å². The molecule has 1 rings (SSSR count). The number of hydrogen-bond donors (Lipinski definition) is 1. The molecule has 0 radical (unpaired) electrons. The van der Waals surface area contributed by atoms with E-state index in [0.29, 0.717) is 0 Å². The van der Waals surface area contributed by atoms with Gasteiger partial charge in [0.05, 0.1) is 6.10 Å². The van der Waals surface area contributed by atoms with Crippen molar-refractivity contribution in [3.8, 4) is 5.75 Å². The lowest BCUT2D eigenvalue weighted by molar-refractivity contribution is 0.243. The van der Waals surface area contributed by atoms with Gasteiger partial charge in [0.2, 0.25) is 0 Å². The van der Waals surface area contributed by atoms with Crippen LogP contribution in [0.15, 0.2) is 18.3 Å². The van der Waals surface area contributed by atoms with Gasteiger partial charge in [-0.05, 0) is 32.9 Å². The van der Waals surface area contributed by atoms with E-state index in [1.165, 1.54) is 0 Å². The summed E-state index contributed by atoms with van der Waals surface area (Å²) in [5.41, 5.74) is 0. The van der Waals surface area contributed by atoms with Crippen LogP contribution >= 0.6 is 0 Å². The van der Waals surface area contributed by atoms with Gasteiger partial charge in [-0.15, -0.1) is 0 Å². The summed E-state index contributed by atoms with van der Waals surface area (Å²) in [5, 5.41) is 3.15. The van der Waals surface area contributed by atoms with Crippen LogP contribution < -0.4 is 10.1 Å². The molecule has 1 heterocycles. The maximum atomic E-state index is 5.57. The summed E-state index contributed by atoms with van der Waals surface area (Å²) in [6, 6.07) is 3.80. The molecule has 3 heteroatoms. The lowest BCUT2D eigenvalue weighted by Gasteiger charge is -2.13. The van der Waals surface area contributed by atoms with Crippen LogP contribution in [-0.4, -0.2) is 17.6 Å². The van der Waals surface area contributed by atoms with Gasteiger partial charge in [0.15, 0.2) is 11.6 Å². The Bertz CT molecular complexity index is 261. The number of ether oxygens (including phenoxy) is 1. The lowest BCUT2D eigenvalue weighted by atomic mass is 10.4. The number of rotatable bonds is 4. The van der Waals surface area contributed by atoms with Crippen LogP contribution in [0.1, 0.15) is 20.8 Å². The van der Waals surface area contributed by atoms with Gasteiger partial charge >= 0.3 is 0 Å². The first kappa shape index (κ1) is 9.84. The molecule has 0 spiro atoms. The number of nitrogens with one attached hydrogen (secondary N) is 1. The number of hydrogen-bond acceptors (Lipinski definition) is 3. The molecule has 13 heavy (non-hydrogen) atoms. The molecule has 0 fully saturated rings. The molecule has 0 aromatic carbocycles. The van der Waals surface area contributed by atoms with Crippen LogP contribution in [0.4, 0.5) is 5.82 Å². The van der Waals surface area contributed by atoms with Crippen LogP contribution in [0.3, 0.4) is 0 Å². The van der Waals surface area contributed by atoms with Crippen molar-refractivity contribution in [2.75, 3.05) is 11.9 Å². The summed E-state index contributed by atoms with van der Waals surface area (Å²) in [6.07, 6.45) is 1.94. The molecule has 1 aromatic rings. The largest absolute Gasteiger partial charge is 0.487 e. The van der Waals surface area contributed by atoms with Gasteiger partial charge in [-0.25, -0.2) is 4.98 Å². The molecule has 0 amide bonds. The molecule has 72 valence electrons. The molecule has 0 aliphatic rings. The Kier molecular flexibility index (Phi) is 3.55. The zero-order chi connectivity index (χ0) is 9.68. The van der Waals surface area contributed by atoms with Crippen LogP contribution in [0.5, 0.6) is 5.75 Å². The van der Waals surface area contributed by atoms with Gasteiger partial charge in [-0.3, -0.25) is 0 Å². The molecule has 0 unspecified atom stereocenters. The predicted octanol–water partition coefficient (Wildman–Crippen LogP) is 2.30. The highest BCUT2D eigenvalue weighted by atomic mass is 16.5. The summed E-state index contributed by atoms with van der Waals surface area (Å²) in [5.74, 6) is 1.64. The number of anilines is 1. The van der Waals surface area contributed by atoms with E-state index < -0.39 is 0 Å². The van der Waals surface area contributed by atoms with Crippen molar-refractivity contribution in [3.63, 3.8) is 0 Å². The van der Waals surface area contributed by atoms with Gasteiger partial charge < -0.3 is 10.1 Å². The summed E-state index contributed by atoms with van der Waals surface area (Å²) >= 11 is 0. The van der Waals surface area contributed by atoms with Crippen molar-refractivity contribution >= 4 is 5.82 Å². The Morgan fingerprint density at radius 1 is 1.54 bits per heavy atom. The number of pyridine rings is 1. The fraction of sp³-hybridized carbons (Fsp3) is 0.500. The molecule has 0 aliphatic carbocycles.